The summed E-state index contributed by atoms with van der Waals surface area (Å²) in [6, 6.07) is 8.45. The van der Waals surface area contributed by atoms with Crippen molar-refractivity contribution in [1.29, 1.82) is 0 Å². The number of rotatable bonds is 3. The number of guanidine groups is 1. The second-order valence-corrected chi connectivity index (χ2v) is 8.59. The molecule has 0 amide bonds. The zero-order valence-corrected chi connectivity index (χ0v) is 16.5. The first-order valence-electron chi connectivity index (χ1n) is 8.74. The van der Waals surface area contributed by atoms with Gasteiger partial charge in [0.05, 0.1) is 6.61 Å². The van der Waals surface area contributed by atoms with E-state index in [4.69, 9.17) is 4.74 Å². The van der Waals surface area contributed by atoms with Crippen molar-refractivity contribution in [2.45, 2.75) is 32.1 Å². The molecule has 1 atom stereocenters. The van der Waals surface area contributed by atoms with Crippen LogP contribution in [0.25, 0.3) is 0 Å². The molecule has 2 aliphatic rings. The third-order valence-corrected chi connectivity index (χ3v) is 6.12. The molecule has 24 heavy (non-hydrogen) atoms. The lowest BCUT2D eigenvalue weighted by Gasteiger charge is -2.30. The van der Waals surface area contributed by atoms with Gasteiger partial charge in [-0.25, -0.2) is 0 Å². The van der Waals surface area contributed by atoms with Crippen LogP contribution >= 0.6 is 15.9 Å². The zero-order chi connectivity index (χ0) is 17.2. The van der Waals surface area contributed by atoms with E-state index in [0.29, 0.717) is 5.41 Å². The van der Waals surface area contributed by atoms with Crippen LogP contribution in [-0.4, -0.2) is 50.8 Å². The van der Waals surface area contributed by atoms with Gasteiger partial charge in [0.2, 0.25) is 0 Å². The average Bonchev–Trinajstić information content (AvgIpc) is 3.19. The number of ether oxygens (including phenoxy) is 1. The lowest BCUT2D eigenvalue weighted by atomic mass is 9.84. The van der Waals surface area contributed by atoms with Crippen molar-refractivity contribution < 1.29 is 4.74 Å². The molecule has 0 radical (unpaired) electrons. The Hall–Kier alpha value is -1.07. The van der Waals surface area contributed by atoms with E-state index >= 15 is 0 Å². The number of halogens is 1. The summed E-state index contributed by atoms with van der Waals surface area (Å²) in [6.07, 6.45) is 2.39. The monoisotopic (exact) mass is 393 g/mol. The standard InChI is InChI=1S/C19H28BrN3O/c1-18(2,15-6-4-5-7-16(15)20)12-22-17(21-3)23-10-8-19(13-23)9-11-24-14-19/h4-7H,8-14H2,1-3H3,(H,21,22). The molecule has 5 heteroatoms. The van der Waals surface area contributed by atoms with Crippen LogP contribution in [0.1, 0.15) is 32.3 Å². The molecule has 2 heterocycles. The van der Waals surface area contributed by atoms with Crippen molar-refractivity contribution in [2.75, 3.05) is 39.9 Å². The molecule has 0 aromatic heterocycles. The smallest absolute Gasteiger partial charge is 0.193 e. The maximum atomic E-state index is 5.64. The van der Waals surface area contributed by atoms with Crippen molar-refractivity contribution in [2.24, 2.45) is 10.4 Å². The van der Waals surface area contributed by atoms with Crippen LogP contribution in [0.5, 0.6) is 0 Å². The molecule has 1 N–H and O–H groups in total. The average molecular weight is 394 g/mol. The lowest BCUT2D eigenvalue weighted by Crippen LogP contribution is -2.45. The van der Waals surface area contributed by atoms with Gasteiger partial charge in [0.25, 0.3) is 0 Å². The molecule has 0 aliphatic carbocycles. The van der Waals surface area contributed by atoms with Crippen molar-refractivity contribution in [3.8, 4) is 0 Å². The van der Waals surface area contributed by atoms with E-state index in [9.17, 15) is 0 Å². The maximum Gasteiger partial charge on any atom is 0.193 e. The molecule has 1 unspecified atom stereocenters. The molecule has 0 bridgehead atoms. The first-order chi connectivity index (χ1) is 11.5. The van der Waals surface area contributed by atoms with Gasteiger partial charge in [-0.05, 0) is 24.5 Å². The summed E-state index contributed by atoms with van der Waals surface area (Å²) < 4.78 is 6.80. The predicted molar refractivity (Wildman–Crippen MR) is 103 cm³/mol. The number of likely N-dealkylation sites (tertiary alicyclic amines) is 1. The van der Waals surface area contributed by atoms with Crippen LogP contribution < -0.4 is 5.32 Å². The Morgan fingerprint density at radius 3 is 2.83 bits per heavy atom. The molecular formula is C19H28BrN3O. The van der Waals surface area contributed by atoms with E-state index in [1.165, 1.54) is 18.4 Å². The molecule has 2 saturated heterocycles. The highest BCUT2D eigenvalue weighted by molar-refractivity contribution is 9.10. The summed E-state index contributed by atoms with van der Waals surface area (Å²) in [6.45, 7) is 9.33. The fraction of sp³-hybridized carbons (Fsp3) is 0.632. The molecule has 1 spiro atoms. The van der Waals surface area contributed by atoms with Crippen molar-refractivity contribution in [1.82, 2.24) is 10.2 Å². The molecule has 2 aliphatic heterocycles. The third-order valence-electron chi connectivity index (χ3n) is 5.43. The van der Waals surface area contributed by atoms with Crippen LogP contribution in [0.4, 0.5) is 0 Å². The number of nitrogens with one attached hydrogen (secondary N) is 1. The summed E-state index contributed by atoms with van der Waals surface area (Å²) in [5.74, 6) is 1.01. The second-order valence-electron chi connectivity index (χ2n) is 7.74. The molecule has 1 aromatic rings. The zero-order valence-electron chi connectivity index (χ0n) is 14.9. The number of hydrogen-bond acceptors (Lipinski definition) is 2. The first-order valence-corrected chi connectivity index (χ1v) is 9.53. The van der Waals surface area contributed by atoms with E-state index in [0.717, 1.165) is 43.3 Å². The van der Waals surface area contributed by atoms with E-state index < -0.39 is 0 Å². The Bertz CT molecular complexity index is 608. The summed E-state index contributed by atoms with van der Waals surface area (Å²) in [4.78, 5) is 6.92. The van der Waals surface area contributed by atoms with E-state index in [-0.39, 0.29) is 5.41 Å². The SMILES string of the molecule is CN=C(NCC(C)(C)c1ccccc1Br)N1CCC2(CCOC2)C1. The third kappa shape index (κ3) is 3.62. The molecule has 4 nitrogen and oxygen atoms in total. The Labute approximate surface area is 153 Å². The molecule has 0 saturated carbocycles. The van der Waals surface area contributed by atoms with Crippen LogP contribution in [0.2, 0.25) is 0 Å². The minimum atomic E-state index is 0.0178. The summed E-state index contributed by atoms with van der Waals surface area (Å²) >= 11 is 3.68. The normalized spacial score (nSPS) is 24.8. The number of benzene rings is 1. The fourth-order valence-electron chi connectivity index (χ4n) is 3.82. The Morgan fingerprint density at radius 1 is 1.38 bits per heavy atom. The number of hydrogen-bond donors (Lipinski definition) is 1. The van der Waals surface area contributed by atoms with Gasteiger partial charge in [0, 0.05) is 48.6 Å². The van der Waals surface area contributed by atoms with Gasteiger partial charge in [-0.2, -0.15) is 0 Å². The van der Waals surface area contributed by atoms with E-state index in [1.807, 2.05) is 7.05 Å². The Balaban J connectivity index is 1.63. The van der Waals surface area contributed by atoms with Gasteiger partial charge >= 0.3 is 0 Å². The largest absolute Gasteiger partial charge is 0.381 e. The molecule has 2 fully saturated rings. The highest BCUT2D eigenvalue weighted by Crippen LogP contribution is 2.38. The second kappa shape index (κ2) is 7.04. The quantitative estimate of drug-likeness (QED) is 0.631. The Kier molecular flexibility index (Phi) is 5.21. The Morgan fingerprint density at radius 2 is 2.17 bits per heavy atom. The van der Waals surface area contributed by atoms with Crippen LogP contribution in [-0.2, 0) is 10.2 Å². The van der Waals surface area contributed by atoms with Gasteiger partial charge in [-0.3, -0.25) is 4.99 Å². The van der Waals surface area contributed by atoms with Gasteiger partial charge < -0.3 is 15.0 Å². The number of aliphatic imine (C=N–C) groups is 1. The minimum Gasteiger partial charge on any atom is -0.381 e. The first kappa shape index (κ1) is 17.7. The molecule has 132 valence electrons. The van der Waals surface area contributed by atoms with Crippen molar-refractivity contribution in [3.63, 3.8) is 0 Å². The summed E-state index contributed by atoms with van der Waals surface area (Å²) in [5.41, 5.74) is 1.69. The molecular weight excluding hydrogens is 366 g/mol. The van der Waals surface area contributed by atoms with Gasteiger partial charge in [0.1, 0.15) is 0 Å². The summed E-state index contributed by atoms with van der Waals surface area (Å²) in [7, 11) is 1.88. The van der Waals surface area contributed by atoms with Crippen LogP contribution in [0.15, 0.2) is 33.7 Å². The van der Waals surface area contributed by atoms with Crippen molar-refractivity contribution >= 4 is 21.9 Å². The van der Waals surface area contributed by atoms with Crippen LogP contribution in [0, 0.1) is 5.41 Å². The van der Waals surface area contributed by atoms with Gasteiger partial charge in [-0.1, -0.05) is 48.0 Å². The number of nitrogens with zero attached hydrogens (tertiary/aromatic N) is 2. The van der Waals surface area contributed by atoms with Crippen molar-refractivity contribution in [3.05, 3.63) is 34.3 Å². The molecule has 1 aromatic carbocycles. The highest BCUT2D eigenvalue weighted by Gasteiger charge is 2.42. The fourth-order valence-corrected chi connectivity index (χ4v) is 4.65. The lowest BCUT2D eigenvalue weighted by molar-refractivity contribution is 0.156. The highest BCUT2D eigenvalue weighted by atomic mass is 79.9. The topological polar surface area (TPSA) is 36.9 Å². The molecule has 3 rings (SSSR count). The maximum absolute atomic E-state index is 5.64. The van der Waals surface area contributed by atoms with E-state index in [2.05, 4.69) is 69.3 Å². The summed E-state index contributed by atoms with van der Waals surface area (Å²) in [5, 5.41) is 3.60. The van der Waals surface area contributed by atoms with Gasteiger partial charge in [-0.15, -0.1) is 0 Å². The van der Waals surface area contributed by atoms with E-state index in [1.54, 1.807) is 0 Å². The predicted octanol–water partition coefficient (Wildman–Crippen LogP) is 3.41. The van der Waals surface area contributed by atoms with Gasteiger partial charge in [0.15, 0.2) is 5.96 Å². The minimum absolute atomic E-state index is 0.0178. The van der Waals surface area contributed by atoms with Crippen LogP contribution in [0.3, 0.4) is 0 Å².